The predicted molar refractivity (Wildman–Crippen MR) is 88.3 cm³/mol. The molecule has 0 aliphatic carbocycles. The van der Waals surface area contributed by atoms with E-state index in [1.807, 2.05) is 6.20 Å². The third-order valence-electron chi connectivity index (χ3n) is 4.35. The lowest BCUT2D eigenvalue weighted by Crippen LogP contribution is -2.47. The lowest BCUT2D eigenvalue weighted by Gasteiger charge is -2.35. The summed E-state index contributed by atoms with van der Waals surface area (Å²) in [6.45, 7) is 8.46. The van der Waals surface area contributed by atoms with Gasteiger partial charge in [0, 0.05) is 24.3 Å². The van der Waals surface area contributed by atoms with Gasteiger partial charge in [-0.2, -0.15) is 0 Å². The molecule has 0 amide bonds. The number of rotatable bonds is 4. The average molecular weight is 291 g/mol. The van der Waals surface area contributed by atoms with Crippen LogP contribution in [-0.2, 0) is 0 Å². The van der Waals surface area contributed by atoms with Crippen molar-refractivity contribution in [3.8, 4) is 0 Å². The Morgan fingerprint density at radius 1 is 1.43 bits per heavy atom. The number of nitrogens with two attached hydrogens (primary N) is 1. The smallest absolute Gasteiger partial charge is 0.128 e. The van der Waals surface area contributed by atoms with Gasteiger partial charge >= 0.3 is 0 Å². The van der Waals surface area contributed by atoms with Crippen LogP contribution in [0.1, 0.15) is 30.5 Å². The quantitative estimate of drug-likeness (QED) is 0.874. The highest BCUT2D eigenvalue weighted by molar-refractivity contribution is 5.43. The van der Waals surface area contributed by atoms with E-state index in [4.69, 9.17) is 5.73 Å². The van der Waals surface area contributed by atoms with Crippen molar-refractivity contribution in [3.63, 3.8) is 0 Å². The zero-order valence-electron chi connectivity index (χ0n) is 13.8. The van der Waals surface area contributed by atoms with Crippen LogP contribution in [-0.4, -0.2) is 61.1 Å². The first-order valence-electron chi connectivity index (χ1n) is 7.87. The number of aryl methyl sites for hydroxylation is 1. The molecule has 0 aromatic carbocycles. The molecule has 5 nitrogen and oxygen atoms in total. The van der Waals surface area contributed by atoms with Crippen LogP contribution in [0.2, 0.25) is 0 Å². The molecule has 3 N–H and O–H groups in total. The Labute approximate surface area is 128 Å². The fourth-order valence-electron chi connectivity index (χ4n) is 3.19. The molecule has 0 radical (unpaired) electrons. The summed E-state index contributed by atoms with van der Waals surface area (Å²) >= 11 is 0. The minimum atomic E-state index is 0.216. The number of nitrogens with zero attached hydrogens (tertiary/aromatic N) is 3. The van der Waals surface area contributed by atoms with Gasteiger partial charge in [-0.25, -0.2) is 4.98 Å². The molecule has 1 aromatic heterocycles. The molecular formula is C16H29N5. The van der Waals surface area contributed by atoms with E-state index in [2.05, 4.69) is 54.1 Å². The second kappa shape index (κ2) is 7.20. The van der Waals surface area contributed by atoms with E-state index in [9.17, 15) is 0 Å². The van der Waals surface area contributed by atoms with E-state index in [-0.39, 0.29) is 6.04 Å². The van der Waals surface area contributed by atoms with Gasteiger partial charge in [-0.3, -0.25) is 0 Å². The fourth-order valence-corrected chi connectivity index (χ4v) is 3.19. The van der Waals surface area contributed by atoms with Gasteiger partial charge in [-0.15, -0.1) is 0 Å². The molecule has 21 heavy (non-hydrogen) atoms. The number of nitrogen functional groups attached to an aromatic ring is 1. The Morgan fingerprint density at radius 3 is 2.90 bits per heavy atom. The number of hydrogen-bond acceptors (Lipinski definition) is 5. The molecule has 1 fully saturated rings. The van der Waals surface area contributed by atoms with Gasteiger partial charge < -0.3 is 20.9 Å². The molecular weight excluding hydrogens is 262 g/mol. The Balaban J connectivity index is 2.34. The highest BCUT2D eigenvalue weighted by Gasteiger charge is 2.30. The Morgan fingerprint density at radius 2 is 2.19 bits per heavy atom. The van der Waals surface area contributed by atoms with Crippen LogP contribution in [0.4, 0.5) is 5.82 Å². The van der Waals surface area contributed by atoms with Gasteiger partial charge in [-0.1, -0.05) is 6.92 Å². The lowest BCUT2D eigenvalue weighted by atomic mass is 9.97. The fraction of sp³-hybridized carbons (Fsp3) is 0.688. The van der Waals surface area contributed by atoms with Crippen molar-refractivity contribution in [2.24, 2.45) is 0 Å². The van der Waals surface area contributed by atoms with E-state index in [1.165, 1.54) is 6.42 Å². The Bertz CT molecular complexity index is 462. The topological polar surface area (TPSA) is 57.4 Å². The van der Waals surface area contributed by atoms with Crippen molar-refractivity contribution < 1.29 is 0 Å². The van der Waals surface area contributed by atoms with E-state index < -0.39 is 0 Å². The van der Waals surface area contributed by atoms with Gasteiger partial charge in [-0.05, 0) is 58.7 Å². The van der Waals surface area contributed by atoms with E-state index in [1.54, 1.807) is 0 Å². The van der Waals surface area contributed by atoms with Crippen LogP contribution in [0, 0.1) is 6.92 Å². The maximum atomic E-state index is 6.16. The molecule has 0 saturated carbocycles. The second-order valence-electron chi connectivity index (χ2n) is 6.19. The third kappa shape index (κ3) is 3.93. The first kappa shape index (κ1) is 16.2. The molecule has 0 spiro atoms. The summed E-state index contributed by atoms with van der Waals surface area (Å²) in [5.74, 6) is 0.645. The van der Waals surface area contributed by atoms with Gasteiger partial charge in [0.2, 0.25) is 0 Å². The largest absolute Gasteiger partial charge is 0.383 e. The van der Waals surface area contributed by atoms with Crippen molar-refractivity contribution in [2.45, 2.75) is 32.4 Å². The van der Waals surface area contributed by atoms with Crippen molar-refractivity contribution in [2.75, 3.05) is 46.0 Å². The molecule has 2 rings (SSSR count). The first-order chi connectivity index (χ1) is 10.0. The number of hydrogen-bond donors (Lipinski definition) is 2. The van der Waals surface area contributed by atoms with Crippen LogP contribution in [0.25, 0.3) is 0 Å². The maximum Gasteiger partial charge on any atom is 0.128 e. The van der Waals surface area contributed by atoms with Crippen LogP contribution < -0.4 is 11.1 Å². The number of pyridine rings is 1. The summed E-state index contributed by atoms with van der Waals surface area (Å²) in [5.41, 5.74) is 8.45. The van der Waals surface area contributed by atoms with Crippen molar-refractivity contribution in [3.05, 3.63) is 23.4 Å². The highest BCUT2D eigenvalue weighted by atomic mass is 15.2. The molecule has 2 atom stereocenters. The van der Waals surface area contributed by atoms with Crippen LogP contribution in [0.3, 0.4) is 0 Å². The maximum absolute atomic E-state index is 6.16. The SMILES string of the molecule is CCNC(c1cc(C)cnc1N)C1CN(C)CCCN1C. The van der Waals surface area contributed by atoms with E-state index in [0.29, 0.717) is 11.9 Å². The predicted octanol–water partition coefficient (Wildman–Crippen LogP) is 1.26. The highest BCUT2D eigenvalue weighted by Crippen LogP contribution is 2.27. The first-order valence-corrected chi connectivity index (χ1v) is 7.87. The van der Waals surface area contributed by atoms with Crippen LogP contribution in [0.15, 0.2) is 12.3 Å². The van der Waals surface area contributed by atoms with Gasteiger partial charge in [0.1, 0.15) is 5.82 Å². The normalized spacial score (nSPS) is 23.0. The minimum Gasteiger partial charge on any atom is -0.383 e. The van der Waals surface area contributed by atoms with Gasteiger partial charge in [0.05, 0.1) is 6.04 Å². The van der Waals surface area contributed by atoms with Crippen molar-refractivity contribution in [1.82, 2.24) is 20.1 Å². The molecule has 0 bridgehead atoms. The molecule has 1 aliphatic heterocycles. The Hall–Kier alpha value is -1.17. The number of nitrogens with one attached hydrogen (secondary N) is 1. The van der Waals surface area contributed by atoms with E-state index >= 15 is 0 Å². The summed E-state index contributed by atoms with van der Waals surface area (Å²) < 4.78 is 0. The van der Waals surface area contributed by atoms with Crippen LogP contribution in [0.5, 0.6) is 0 Å². The summed E-state index contributed by atoms with van der Waals surface area (Å²) in [6, 6.07) is 2.80. The summed E-state index contributed by atoms with van der Waals surface area (Å²) in [4.78, 5) is 9.22. The molecule has 2 heterocycles. The zero-order chi connectivity index (χ0) is 15.4. The molecule has 2 unspecified atom stereocenters. The number of aromatic nitrogens is 1. The number of anilines is 1. The molecule has 1 aromatic rings. The average Bonchev–Trinajstić information content (AvgIpc) is 2.61. The second-order valence-corrected chi connectivity index (χ2v) is 6.19. The molecule has 118 valence electrons. The van der Waals surface area contributed by atoms with E-state index in [0.717, 1.165) is 37.3 Å². The summed E-state index contributed by atoms with van der Waals surface area (Å²) in [7, 11) is 4.42. The summed E-state index contributed by atoms with van der Waals surface area (Å²) in [6.07, 6.45) is 3.05. The standard InChI is InChI=1S/C16H29N5/c1-5-18-15(13-9-12(2)10-19-16(13)17)14-11-20(3)7-6-8-21(14)4/h9-10,14-15,18H,5-8,11H2,1-4H3,(H2,17,19). The van der Waals surface area contributed by atoms with Crippen molar-refractivity contribution in [1.29, 1.82) is 0 Å². The summed E-state index contributed by atoms with van der Waals surface area (Å²) in [5, 5.41) is 3.63. The van der Waals surface area contributed by atoms with Crippen molar-refractivity contribution >= 4 is 5.82 Å². The number of likely N-dealkylation sites (N-methyl/N-ethyl adjacent to an activating group) is 3. The van der Waals surface area contributed by atoms with Gasteiger partial charge in [0.15, 0.2) is 0 Å². The Kier molecular flexibility index (Phi) is 5.56. The molecule has 5 heteroatoms. The lowest BCUT2D eigenvalue weighted by molar-refractivity contribution is 0.179. The third-order valence-corrected chi connectivity index (χ3v) is 4.35. The van der Waals surface area contributed by atoms with Crippen LogP contribution >= 0.6 is 0 Å². The molecule has 1 saturated heterocycles. The minimum absolute atomic E-state index is 0.216. The van der Waals surface area contributed by atoms with Gasteiger partial charge in [0.25, 0.3) is 0 Å². The molecule has 1 aliphatic rings. The monoisotopic (exact) mass is 291 g/mol. The zero-order valence-corrected chi connectivity index (χ0v) is 13.8.